The van der Waals surface area contributed by atoms with Gasteiger partial charge >= 0.3 is 17.1 Å². The van der Waals surface area contributed by atoms with Crippen molar-refractivity contribution in [2.45, 2.75) is 37.8 Å². The largest absolute Gasteiger partial charge is 2.00 e. The summed E-state index contributed by atoms with van der Waals surface area (Å²) in [5.41, 5.74) is 5.89. The Balaban J connectivity index is 0.00000625. The quantitative estimate of drug-likeness (QED) is 0.203. The summed E-state index contributed by atoms with van der Waals surface area (Å²) < 4.78 is 0. The summed E-state index contributed by atoms with van der Waals surface area (Å²) in [4.78, 5) is 43.2. The zero-order valence-electron chi connectivity index (χ0n) is 14.5. The molecule has 0 saturated heterocycles. The molecule has 0 aliphatic rings. The van der Waals surface area contributed by atoms with Crippen molar-refractivity contribution in [3.63, 3.8) is 0 Å². The minimum Gasteiger partial charge on any atom is -0.548 e. The number of nitrogens with two attached hydrogens (primary N) is 1. The van der Waals surface area contributed by atoms with Gasteiger partial charge in [0.15, 0.2) is 0 Å². The number of carboxylic acids is 1. The summed E-state index contributed by atoms with van der Waals surface area (Å²) in [5, 5.41) is 18.9. The fraction of sp³-hybridized carbons (Fsp3) is 0.600. The minimum absolute atomic E-state index is 0. The number of nitrogens with zero attached hydrogens (tertiary/aromatic N) is 2. The topological polar surface area (TPSA) is 163 Å². The number of amides is 2. The van der Waals surface area contributed by atoms with E-state index in [0.29, 0.717) is 25.1 Å². The van der Waals surface area contributed by atoms with Crippen LogP contribution in [-0.4, -0.2) is 55.0 Å². The Morgan fingerprint density at radius 2 is 2.00 bits per heavy atom. The molecule has 2 atom stereocenters. The molecule has 0 bridgehead atoms. The van der Waals surface area contributed by atoms with Gasteiger partial charge < -0.3 is 41.6 Å². The van der Waals surface area contributed by atoms with Gasteiger partial charge in [0.2, 0.25) is 11.8 Å². The van der Waals surface area contributed by atoms with E-state index < -0.39 is 29.9 Å². The van der Waals surface area contributed by atoms with Gasteiger partial charge in [-0.2, -0.15) is 0 Å². The van der Waals surface area contributed by atoms with Crippen LogP contribution in [0.4, 0.5) is 0 Å². The Hall–Kier alpha value is -1.94. The van der Waals surface area contributed by atoms with Gasteiger partial charge in [-0.25, -0.2) is 0 Å². The third-order valence-corrected chi connectivity index (χ3v) is 3.46. The van der Waals surface area contributed by atoms with E-state index in [2.05, 4.69) is 25.9 Å². The van der Waals surface area contributed by atoms with Crippen molar-refractivity contribution in [3.8, 4) is 0 Å². The molecule has 0 fully saturated rings. The van der Waals surface area contributed by atoms with Gasteiger partial charge in [0.25, 0.3) is 0 Å². The average Bonchev–Trinajstić information content (AvgIpc) is 3.06. The van der Waals surface area contributed by atoms with Gasteiger partial charge in [0.1, 0.15) is 6.04 Å². The van der Waals surface area contributed by atoms with Crippen LogP contribution in [-0.2, 0) is 37.9 Å². The second-order valence-electron chi connectivity index (χ2n) is 5.53. The van der Waals surface area contributed by atoms with Gasteiger partial charge in [-0.15, -0.1) is 0 Å². The maximum atomic E-state index is 12.4. The van der Waals surface area contributed by atoms with Crippen LogP contribution < -0.4 is 31.8 Å². The number of aliphatic carboxylic acids is 1. The monoisotopic (exact) mass is 415 g/mol. The maximum Gasteiger partial charge on any atom is 2.00 e. The number of hydrogen-bond donors (Lipinski definition) is 4. The molecule has 1 radical (unpaired) electrons. The van der Waals surface area contributed by atoms with Crippen LogP contribution in [0.1, 0.15) is 25.0 Å². The number of rotatable bonds is 12. The van der Waals surface area contributed by atoms with Crippen molar-refractivity contribution in [2.24, 2.45) is 5.73 Å². The van der Waals surface area contributed by atoms with Gasteiger partial charge in [-0.3, -0.25) is 9.59 Å². The van der Waals surface area contributed by atoms with Crippen LogP contribution in [0, 0.1) is 0 Å². The second-order valence-corrected chi connectivity index (χ2v) is 5.53. The second kappa shape index (κ2) is 13.3. The zero-order valence-corrected chi connectivity index (χ0v) is 15.4. The van der Waals surface area contributed by atoms with E-state index in [0.717, 1.165) is 0 Å². The van der Waals surface area contributed by atoms with Crippen molar-refractivity contribution in [1.82, 2.24) is 25.9 Å². The molecule has 26 heavy (non-hydrogen) atoms. The van der Waals surface area contributed by atoms with Crippen LogP contribution in [0.2, 0.25) is 0 Å². The van der Waals surface area contributed by atoms with Crippen LogP contribution >= 0.6 is 0 Å². The minimum atomic E-state index is -1.38. The smallest absolute Gasteiger partial charge is 0.548 e. The van der Waals surface area contributed by atoms with E-state index in [-0.39, 0.29) is 36.5 Å². The molecule has 0 aliphatic heterocycles. The number of carbonyl (C=O) groups is 3. The molecule has 0 saturated carbocycles. The number of unbranched alkanes of at least 4 members (excludes halogenated alkanes) is 1. The van der Waals surface area contributed by atoms with E-state index in [1.54, 1.807) is 7.05 Å². The third-order valence-electron chi connectivity index (χ3n) is 3.46. The molecule has 0 aliphatic carbocycles. The summed E-state index contributed by atoms with van der Waals surface area (Å²) in [5.74, 6) is -2.39. The summed E-state index contributed by atoms with van der Waals surface area (Å²) in [6, 6.07) is -2.11. The number of likely N-dealkylation sites (N-methyl/N-ethyl adjacent to an activating group) is 1. The molecule has 1 rings (SSSR count). The Bertz CT molecular complexity index is 554. The Morgan fingerprint density at radius 1 is 1.27 bits per heavy atom. The zero-order chi connectivity index (χ0) is 18.7. The third kappa shape index (κ3) is 8.95. The van der Waals surface area contributed by atoms with Crippen molar-refractivity contribution in [3.05, 3.63) is 18.2 Å². The molecule has 5 N–H and O–H groups in total. The van der Waals surface area contributed by atoms with Crippen LogP contribution in [0.25, 0.3) is 0 Å². The number of nitrogens with one attached hydrogen (secondary N) is 3. The van der Waals surface area contributed by atoms with Gasteiger partial charge in [-0.1, -0.05) is 18.2 Å². The van der Waals surface area contributed by atoms with Crippen molar-refractivity contribution in [2.75, 3.05) is 20.1 Å². The average molecular weight is 416 g/mol. The Morgan fingerprint density at radius 3 is 2.54 bits per heavy atom. The molecular formula is C15H24CuN6O4. The number of aromatic nitrogens is 2. The van der Waals surface area contributed by atoms with E-state index in [9.17, 15) is 19.5 Å². The number of carbonyl (C=O) groups excluding carboxylic acids is 3. The van der Waals surface area contributed by atoms with Gasteiger partial charge in [0, 0.05) is 0 Å². The van der Waals surface area contributed by atoms with Crippen LogP contribution in [0.15, 0.2) is 12.5 Å². The van der Waals surface area contributed by atoms with Crippen molar-refractivity contribution in [1.29, 1.82) is 0 Å². The summed E-state index contributed by atoms with van der Waals surface area (Å²) in [6.07, 6.45) is 4.30. The van der Waals surface area contributed by atoms with Gasteiger partial charge in [0.05, 0.1) is 18.6 Å². The molecule has 2 unspecified atom stereocenters. The first-order valence-corrected chi connectivity index (χ1v) is 8.04. The summed E-state index contributed by atoms with van der Waals surface area (Å²) in [7, 11) is 1.60. The van der Waals surface area contributed by atoms with E-state index in [1.807, 2.05) is 0 Å². The molecule has 1 aromatic rings. The van der Waals surface area contributed by atoms with Crippen LogP contribution in [0.3, 0.4) is 0 Å². The molecule has 10 nitrogen and oxygen atoms in total. The Kier molecular flexibility index (Phi) is 12.3. The first-order chi connectivity index (χ1) is 12.0. The first-order valence-electron chi connectivity index (χ1n) is 8.04. The van der Waals surface area contributed by atoms with E-state index in [1.165, 1.54) is 12.5 Å². The summed E-state index contributed by atoms with van der Waals surface area (Å²) >= 11 is 0. The maximum absolute atomic E-state index is 12.4. The van der Waals surface area contributed by atoms with E-state index >= 15 is 0 Å². The molecule has 0 spiro atoms. The molecule has 2 amide bonds. The van der Waals surface area contributed by atoms with Crippen molar-refractivity contribution >= 4 is 17.8 Å². The molecule has 0 aromatic carbocycles. The number of hydrogen-bond acceptors (Lipinski definition) is 7. The molecule has 149 valence electrons. The Labute approximate surface area is 162 Å². The number of imidazole rings is 1. The van der Waals surface area contributed by atoms with E-state index in [4.69, 9.17) is 5.73 Å². The van der Waals surface area contributed by atoms with Gasteiger partial charge in [-0.05, 0) is 39.3 Å². The predicted octanol–water partition coefficient (Wildman–Crippen LogP) is -3.35. The van der Waals surface area contributed by atoms with Crippen LogP contribution in [0.5, 0.6) is 0 Å². The molecule has 11 heteroatoms. The number of carboxylic acid groups (broad SMARTS) is 1. The molecule has 1 heterocycles. The SMILES string of the molecule is CNCC(=O)NC(Cc1c[n-]cn1)C(=O)NC(CCCCN)C(=O)[O-].[Cu+2]. The molecular weight excluding hydrogens is 392 g/mol. The first kappa shape index (κ1) is 24.1. The summed E-state index contributed by atoms with van der Waals surface area (Å²) in [6.45, 7) is 0.461. The standard InChI is InChI=1S/C15H26N6O4.Cu/c1-17-8-13(22)20-12(6-10-7-18-9-19-10)14(23)21-11(15(24)25)4-2-3-5-16;/h7,9,11-12,17H,2-6,8,16H2,1H3,(H4,18,19,20,21,22,23,24,25);/q;+2/p-2. The van der Waals surface area contributed by atoms with Crippen molar-refractivity contribution < 1.29 is 36.6 Å². The predicted molar refractivity (Wildman–Crippen MR) is 87.0 cm³/mol. The fourth-order valence-electron chi connectivity index (χ4n) is 2.20. The molecule has 1 aromatic heterocycles. The fourth-order valence-corrected chi connectivity index (χ4v) is 2.20. The normalized spacial score (nSPS) is 12.5.